The predicted molar refractivity (Wildman–Crippen MR) is 93.1 cm³/mol. The molecule has 5 heteroatoms. The van der Waals surface area contributed by atoms with Crippen LogP contribution in [0.4, 0.5) is 0 Å². The summed E-state index contributed by atoms with van der Waals surface area (Å²) in [6.07, 6.45) is 1.92. The van der Waals surface area contributed by atoms with E-state index in [9.17, 15) is 13.2 Å². The van der Waals surface area contributed by atoms with E-state index in [1.54, 1.807) is 4.90 Å². The number of nitrogens with zero attached hydrogens (tertiary/aromatic N) is 1. The van der Waals surface area contributed by atoms with Crippen LogP contribution in [0.15, 0.2) is 30.3 Å². The predicted octanol–water partition coefficient (Wildman–Crippen LogP) is 2.64. The van der Waals surface area contributed by atoms with Crippen molar-refractivity contribution in [1.29, 1.82) is 0 Å². The minimum atomic E-state index is -3.32. The molecule has 1 atom stereocenters. The molecule has 128 valence electrons. The number of benzene rings is 1. The first kappa shape index (κ1) is 18.0. The van der Waals surface area contributed by atoms with Crippen LogP contribution >= 0.6 is 0 Å². The molecule has 1 unspecified atom stereocenters. The minimum absolute atomic E-state index is 0.0451. The number of rotatable bonds is 5. The van der Waals surface area contributed by atoms with Crippen molar-refractivity contribution in [3.63, 3.8) is 0 Å². The molecule has 4 nitrogen and oxygen atoms in total. The summed E-state index contributed by atoms with van der Waals surface area (Å²) >= 11 is 0. The van der Waals surface area contributed by atoms with Gasteiger partial charge in [0.25, 0.3) is 0 Å². The van der Waals surface area contributed by atoms with Gasteiger partial charge < -0.3 is 4.90 Å². The van der Waals surface area contributed by atoms with Crippen molar-refractivity contribution in [3.05, 3.63) is 35.9 Å². The third-order valence-corrected chi connectivity index (χ3v) is 6.31. The van der Waals surface area contributed by atoms with Gasteiger partial charge in [-0.1, -0.05) is 51.1 Å². The first-order chi connectivity index (χ1) is 10.7. The number of hydrogen-bond donors (Lipinski definition) is 0. The summed E-state index contributed by atoms with van der Waals surface area (Å²) in [5, 5.41) is 0. The number of carbonyl (C=O) groups is 1. The van der Waals surface area contributed by atoms with E-state index in [-0.39, 0.29) is 28.7 Å². The Bertz CT molecular complexity index is 639. The minimum Gasteiger partial charge on any atom is -0.341 e. The van der Waals surface area contributed by atoms with E-state index < -0.39 is 9.84 Å². The highest BCUT2D eigenvalue weighted by Crippen LogP contribution is 2.33. The summed E-state index contributed by atoms with van der Waals surface area (Å²) in [6.45, 7) is 7.11. The SMILES string of the molecule is CC(C)CS(=O)(=O)CC(=O)N1CCCC(C)(c2ccccc2)C1. The Kier molecular flexibility index (Phi) is 5.50. The van der Waals surface area contributed by atoms with Crippen LogP contribution in [0.2, 0.25) is 0 Å². The lowest BCUT2D eigenvalue weighted by molar-refractivity contribution is -0.130. The summed E-state index contributed by atoms with van der Waals surface area (Å²) in [5.41, 5.74) is 1.11. The molecule has 0 N–H and O–H groups in total. The fourth-order valence-electron chi connectivity index (χ4n) is 3.37. The lowest BCUT2D eigenvalue weighted by Gasteiger charge is -2.41. The van der Waals surface area contributed by atoms with E-state index in [2.05, 4.69) is 19.1 Å². The number of amides is 1. The molecule has 1 fully saturated rings. The van der Waals surface area contributed by atoms with Crippen molar-refractivity contribution in [1.82, 2.24) is 4.90 Å². The average Bonchev–Trinajstić information content (AvgIpc) is 2.46. The summed E-state index contributed by atoms with van der Waals surface area (Å²) in [4.78, 5) is 14.2. The van der Waals surface area contributed by atoms with Crippen LogP contribution in [-0.4, -0.2) is 43.8 Å². The van der Waals surface area contributed by atoms with E-state index in [1.165, 1.54) is 5.56 Å². The van der Waals surface area contributed by atoms with Crippen LogP contribution < -0.4 is 0 Å². The topological polar surface area (TPSA) is 54.5 Å². The summed E-state index contributed by atoms with van der Waals surface area (Å²) < 4.78 is 24.2. The average molecular weight is 337 g/mol. The van der Waals surface area contributed by atoms with Gasteiger partial charge in [-0.3, -0.25) is 4.79 Å². The van der Waals surface area contributed by atoms with Crippen molar-refractivity contribution >= 4 is 15.7 Å². The van der Waals surface area contributed by atoms with Crippen LogP contribution in [0.5, 0.6) is 0 Å². The number of sulfone groups is 1. The molecule has 0 aliphatic carbocycles. The van der Waals surface area contributed by atoms with Crippen LogP contribution in [0, 0.1) is 5.92 Å². The van der Waals surface area contributed by atoms with Gasteiger partial charge in [-0.25, -0.2) is 8.42 Å². The second-order valence-corrected chi connectivity index (χ2v) is 9.40. The van der Waals surface area contributed by atoms with Crippen molar-refractivity contribution in [2.45, 2.75) is 39.0 Å². The van der Waals surface area contributed by atoms with E-state index in [1.807, 2.05) is 32.0 Å². The van der Waals surface area contributed by atoms with Gasteiger partial charge in [-0.05, 0) is 24.3 Å². The number of likely N-dealkylation sites (tertiary alicyclic amines) is 1. The first-order valence-corrected chi connectivity index (χ1v) is 10.1. The smallest absolute Gasteiger partial charge is 0.237 e. The zero-order valence-electron chi connectivity index (χ0n) is 14.3. The fourth-order valence-corrected chi connectivity index (χ4v) is 5.07. The molecule has 1 aliphatic heterocycles. The van der Waals surface area contributed by atoms with Crippen molar-refractivity contribution < 1.29 is 13.2 Å². The molecular weight excluding hydrogens is 310 g/mol. The molecule has 1 aliphatic rings. The Balaban J connectivity index is 2.08. The van der Waals surface area contributed by atoms with Gasteiger partial charge in [0.05, 0.1) is 5.75 Å². The quantitative estimate of drug-likeness (QED) is 0.830. The molecule has 23 heavy (non-hydrogen) atoms. The summed E-state index contributed by atoms with van der Waals surface area (Å²) in [5.74, 6) is -0.505. The van der Waals surface area contributed by atoms with Crippen LogP contribution in [0.1, 0.15) is 39.2 Å². The van der Waals surface area contributed by atoms with Gasteiger partial charge >= 0.3 is 0 Å². The Morgan fingerprint density at radius 2 is 1.91 bits per heavy atom. The van der Waals surface area contributed by atoms with E-state index in [0.717, 1.165) is 12.8 Å². The molecule has 1 saturated heterocycles. The van der Waals surface area contributed by atoms with Gasteiger partial charge in [-0.15, -0.1) is 0 Å². The molecular formula is C18H27NO3S. The lowest BCUT2D eigenvalue weighted by Crippen LogP contribution is -2.48. The molecule has 2 rings (SSSR count). The zero-order chi connectivity index (χ0) is 17.1. The maximum Gasteiger partial charge on any atom is 0.237 e. The van der Waals surface area contributed by atoms with Crippen LogP contribution in [-0.2, 0) is 20.0 Å². The molecule has 1 heterocycles. The second kappa shape index (κ2) is 7.04. The van der Waals surface area contributed by atoms with Crippen molar-refractivity contribution in [2.75, 3.05) is 24.6 Å². The molecule has 0 spiro atoms. The molecule has 0 bridgehead atoms. The first-order valence-electron chi connectivity index (χ1n) is 8.26. The normalized spacial score (nSPS) is 22.3. The Hall–Kier alpha value is -1.36. The zero-order valence-corrected chi connectivity index (χ0v) is 15.1. The Morgan fingerprint density at radius 3 is 2.52 bits per heavy atom. The van der Waals surface area contributed by atoms with E-state index in [4.69, 9.17) is 0 Å². The molecule has 0 saturated carbocycles. The Labute approximate surface area is 139 Å². The Morgan fingerprint density at radius 1 is 1.26 bits per heavy atom. The van der Waals surface area contributed by atoms with Crippen LogP contribution in [0.3, 0.4) is 0 Å². The van der Waals surface area contributed by atoms with Gasteiger partial charge in [0.1, 0.15) is 5.75 Å². The number of piperidine rings is 1. The van der Waals surface area contributed by atoms with Gasteiger partial charge in [0.15, 0.2) is 9.84 Å². The third kappa shape index (κ3) is 4.80. The summed E-state index contributed by atoms with van der Waals surface area (Å²) in [7, 11) is -3.32. The highest BCUT2D eigenvalue weighted by atomic mass is 32.2. The lowest BCUT2D eigenvalue weighted by atomic mass is 9.76. The molecule has 1 amide bonds. The molecule has 0 aromatic heterocycles. The maximum absolute atomic E-state index is 12.5. The largest absolute Gasteiger partial charge is 0.341 e. The summed E-state index contributed by atoms with van der Waals surface area (Å²) in [6, 6.07) is 10.2. The standard InChI is InChI=1S/C18H27NO3S/c1-15(2)12-23(21,22)13-17(20)19-11-7-10-18(3,14-19)16-8-5-4-6-9-16/h4-6,8-9,15H,7,10-14H2,1-3H3. The molecule has 0 radical (unpaired) electrons. The van der Waals surface area contributed by atoms with Crippen LogP contribution in [0.25, 0.3) is 0 Å². The highest BCUT2D eigenvalue weighted by molar-refractivity contribution is 7.92. The maximum atomic E-state index is 12.5. The number of carbonyl (C=O) groups excluding carboxylic acids is 1. The molecule has 1 aromatic rings. The van der Waals surface area contributed by atoms with Crippen molar-refractivity contribution in [2.24, 2.45) is 5.92 Å². The number of hydrogen-bond acceptors (Lipinski definition) is 3. The fraction of sp³-hybridized carbons (Fsp3) is 0.611. The van der Waals surface area contributed by atoms with Crippen molar-refractivity contribution in [3.8, 4) is 0 Å². The highest BCUT2D eigenvalue weighted by Gasteiger charge is 2.35. The van der Waals surface area contributed by atoms with Gasteiger partial charge in [0, 0.05) is 18.5 Å². The van der Waals surface area contributed by atoms with Gasteiger partial charge in [0.2, 0.25) is 5.91 Å². The monoisotopic (exact) mass is 337 g/mol. The van der Waals surface area contributed by atoms with E-state index >= 15 is 0 Å². The third-order valence-electron chi connectivity index (χ3n) is 4.45. The van der Waals surface area contributed by atoms with Gasteiger partial charge in [-0.2, -0.15) is 0 Å². The molecule has 1 aromatic carbocycles. The second-order valence-electron chi connectivity index (χ2n) is 7.29. The van der Waals surface area contributed by atoms with E-state index in [0.29, 0.717) is 13.1 Å².